The van der Waals surface area contributed by atoms with Crippen LogP contribution < -0.4 is 0 Å². The smallest absolute Gasteiger partial charge is 0.190 e. The second-order valence-corrected chi connectivity index (χ2v) is 5.21. The molecule has 2 nitrogen and oxygen atoms in total. The van der Waals surface area contributed by atoms with Crippen molar-refractivity contribution >= 4 is 11.6 Å². The van der Waals surface area contributed by atoms with Crippen LogP contribution in [0.2, 0.25) is 0 Å². The Morgan fingerprint density at radius 2 is 1.22 bits per heavy atom. The summed E-state index contributed by atoms with van der Waals surface area (Å²) in [6, 6.07) is 7.19. The molecule has 2 bridgehead atoms. The minimum atomic E-state index is 0.0688. The highest BCUT2D eigenvalue weighted by Crippen LogP contribution is 2.45. The summed E-state index contributed by atoms with van der Waals surface area (Å²) >= 11 is 0. The van der Waals surface area contributed by atoms with E-state index in [1.807, 2.05) is 12.1 Å². The van der Waals surface area contributed by atoms with Gasteiger partial charge in [-0.1, -0.05) is 36.4 Å². The molecular weight excluding hydrogens is 224 g/mol. The lowest BCUT2D eigenvalue weighted by Crippen LogP contribution is -2.34. The maximum atomic E-state index is 12.5. The zero-order chi connectivity index (χ0) is 12.3. The van der Waals surface area contributed by atoms with Crippen LogP contribution >= 0.6 is 0 Å². The molecule has 1 aromatic rings. The summed E-state index contributed by atoms with van der Waals surface area (Å²) in [6.07, 6.45) is 6.21. The van der Waals surface area contributed by atoms with Crippen LogP contribution in [0.4, 0.5) is 0 Å². The molecule has 0 amide bonds. The Balaban J connectivity index is 1.99. The average Bonchev–Trinajstić information content (AvgIpc) is 2.45. The summed E-state index contributed by atoms with van der Waals surface area (Å²) in [5.41, 5.74) is 2.72. The van der Waals surface area contributed by atoms with Gasteiger partial charge in [0.2, 0.25) is 0 Å². The highest BCUT2D eigenvalue weighted by molar-refractivity contribution is 6.27. The summed E-state index contributed by atoms with van der Waals surface area (Å²) < 4.78 is 0. The molecule has 0 spiro atoms. The van der Waals surface area contributed by atoms with Crippen molar-refractivity contribution in [2.75, 3.05) is 0 Å². The number of fused-ring (bicyclic) bond motifs is 2. The molecular formula is C16H12O2. The largest absolute Gasteiger partial charge is 0.289 e. The first-order valence-corrected chi connectivity index (χ1v) is 6.38. The van der Waals surface area contributed by atoms with Gasteiger partial charge < -0.3 is 0 Å². The Morgan fingerprint density at radius 1 is 0.778 bits per heavy atom. The first kappa shape index (κ1) is 10.0. The van der Waals surface area contributed by atoms with Gasteiger partial charge >= 0.3 is 0 Å². The topological polar surface area (TPSA) is 34.1 Å². The van der Waals surface area contributed by atoms with Gasteiger partial charge in [0.15, 0.2) is 11.6 Å². The first-order valence-electron chi connectivity index (χ1n) is 6.38. The number of ketones is 2. The molecule has 4 aliphatic carbocycles. The number of hydrogen-bond acceptors (Lipinski definition) is 2. The summed E-state index contributed by atoms with van der Waals surface area (Å²) in [5.74, 6) is 0.461. The molecule has 0 aliphatic heterocycles. The van der Waals surface area contributed by atoms with Crippen molar-refractivity contribution < 1.29 is 9.59 Å². The molecule has 0 radical (unpaired) electrons. The second kappa shape index (κ2) is 3.29. The fourth-order valence-electron chi connectivity index (χ4n) is 3.45. The molecule has 88 valence electrons. The predicted octanol–water partition coefficient (Wildman–Crippen LogP) is 2.96. The van der Waals surface area contributed by atoms with Gasteiger partial charge in [-0.15, -0.1) is 0 Å². The van der Waals surface area contributed by atoms with Gasteiger partial charge in [-0.05, 0) is 12.8 Å². The van der Waals surface area contributed by atoms with Crippen LogP contribution in [0.3, 0.4) is 0 Å². The zero-order valence-electron chi connectivity index (χ0n) is 9.85. The highest BCUT2D eigenvalue weighted by Gasteiger charge is 2.42. The standard InChI is InChI=1S/C16H12O2/c17-15-11-3-1-2-4-12(11)16(18)14-10-7-5-9(6-8-10)13(14)15/h1-5,7,9-10H,6,8H2. The Labute approximate surface area is 105 Å². The van der Waals surface area contributed by atoms with Crippen LogP contribution in [0.1, 0.15) is 33.6 Å². The Morgan fingerprint density at radius 3 is 1.61 bits per heavy atom. The fourth-order valence-corrected chi connectivity index (χ4v) is 3.45. The summed E-state index contributed by atoms with van der Waals surface area (Å²) in [4.78, 5) is 25.1. The molecule has 1 aromatic carbocycles. The Kier molecular flexibility index (Phi) is 1.83. The number of Topliss-reactive ketones (excluding diaryl/α,β-unsaturated/α-hetero) is 2. The van der Waals surface area contributed by atoms with Gasteiger partial charge in [0.25, 0.3) is 0 Å². The second-order valence-electron chi connectivity index (χ2n) is 5.21. The van der Waals surface area contributed by atoms with E-state index in [0.29, 0.717) is 11.1 Å². The van der Waals surface area contributed by atoms with Crippen LogP contribution in [0.5, 0.6) is 0 Å². The molecule has 2 unspecified atom stereocenters. The van der Waals surface area contributed by atoms with Crippen LogP contribution in [-0.4, -0.2) is 11.6 Å². The fraction of sp³-hybridized carbons (Fsp3) is 0.250. The third kappa shape index (κ3) is 1.08. The quantitative estimate of drug-likeness (QED) is 0.649. The van der Waals surface area contributed by atoms with Crippen molar-refractivity contribution in [1.29, 1.82) is 0 Å². The summed E-state index contributed by atoms with van der Waals surface area (Å²) in [5, 5.41) is 0. The maximum absolute atomic E-state index is 12.5. The number of benzene rings is 1. The lowest BCUT2D eigenvalue weighted by atomic mass is 9.65. The third-order valence-electron chi connectivity index (χ3n) is 4.30. The predicted molar refractivity (Wildman–Crippen MR) is 67.5 cm³/mol. The number of rotatable bonds is 0. The number of allylic oxidation sites excluding steroid dienone is 4. The SMILES string of the molecule is O=C1C2=C(C(=O)c3ccccc31)C1C=CC2CC1. The third-order valence-corrected chi connectivity index (χ3v) is 4.30. The molecule has 2 heteroatoms. The average molecular weight is 236 g/mol. The molecule has 18 heavy (non-hydrogen) atoms. The van der Waals surface area contributed by atoms with E-state index < -0.39 is 0 Å². The van der Waals surface area contributed by atoms with Crippen LogP contribution in [0, 0.1) is 11.8 Å². The van der Waals surface area contributed by atoms with Crippen LogP contribution in [0.15, 0.2) is 47.6 Å². The van der Waals surface area contributed by atoms with Gasteiger partial charge in [0.05, 0.1) is 0 Å². The minimum absolute atomic E-state index is 0.0688. The molecule has 0 heterocycles. The van der Waals surface area contributed by atoms with Gasteiger partial charge in [-0.3, -0.25) is 9.59 Å². The Bertz CT molecular complexity index is 594. The molecule has 2 atom stereocenters. The molecule has 4 aliphatic rings. The molecule has 0 saturated carbocycles. The lowest BCUT2D eigenvalue weighted by Gasteiger charge is -2.37. The van der Waals surface area contributed by atoms with E-state index in [-0.39, 0.29) is 23.4 Å². The van der Waals surface area contributed by atoms with Gasteiger partial charge in [0, 0.05) is 34.1 Å². The van der Waals surface area contributed by atoms with Crippen molar-refractivity contribution in [1.82, 2.24) is 0 Å². The highest BCUT2D eigenvalue weighted by atomic mass is 16.1. The molecule has 0 saturated heterocycles. The van der Waals surface area contributed by atoms with Crippen molar-refractivity contribution in [3.8, 4) is 0 Å². The molecule has 5 rings (SSSR count). The van der Waals surface area contributed by atoms with E-state index in [1.165, 1.54) is 0 Å². The number of carbonyl (C=O) groups is 2. The van der Waals surface area contributed by atoms with Crippen molar-refractivity contribution in [3.63, 3.8) is 0 Å². The molecule has 0 fully saturated rings. The Hall–Kier alpha value is -1.96. The van der Waals surface area contributed by atoms with Crippen LogP contribution in [-0.2, 0) is 0 Å². The van der Waals surface area contributed by atoms with Gasteiger partial charge in [-0.25, -0.2) is 0 Å². The van der Waals surface area contributed by atoms with Gasteiger partial charge in [-0.2, -0.15) is 0 Å². The van der Waals surface area contributed by atoms with Crippen molar-refractivity contribution in [3.05, 3.63) is 58.7 Å². The first-order chi connectivity index (χ1) is 8.77. The van der Waals surface area contributed by atoms with E-state index in [0.717, 1.165) is 24.0 Å². The van der Waals surface area contributed by atoms with Gasteiger partial charge in [0.1, 0.15) is 0 Å². The van der Waals surface area contributed by atoms with E-state index in [4.69, 9.17) is 0 Å². The monoisotopic (exact) mass is 236 g/mol. The van der Waals surface area contributed by atoms with E-state index >= 15 is 0 Å². The number of carbonyl (C=O) groups excluding carboxylic acids is 2. The van der Waals surface area contributed by atoms with Crippen LogP contribution in [0.25, 0.3) is 0 Å². The lowest BCUT2D eigenvalue weighted by molar-refractivity contribution is 0.0949. The normalized spacial score (nSPS) is 28.4. The zero-order valence-corrected chi connectivity index (χ0v) is 9.85. The van der Waals surface area contributed by atoms with Crippen molar-refractivity contribution in [2.45, 2.75) is 12.8 Å². The molecule has 0 aromatic heterocycles. The van der Waals surface area contributed by atoms with Crippen molar-refractivity contribution in [2.24, 2.45) is 11.8 Å². The summed E-state index contributed by atoms with van der Waals surface area (Å²) in [6.45, 7) is 0. The van der Waals surface area contributed by atoms with E-state index in [9.17, 15) is 9.59 Å². The number of hydrogen-bond donors (Lipinski definition) is 0. The minimum Gasteiger partial charge on any atom is -0.289 e. The van der Waals surface area contributed by atoms with E-state index in [1.54, 1.807) is 12.1 Å². The van der Waals surface area contributed by atoms with E-state index in [2.05, 4.69) is 12.2 Å². The molecule has 0 N–H and O–H groups in total. The maximum Gasteiger partial charge on any atom is 0.190 e. The summed E-state index contributed by atoms with van der Waals surface area (Å²) in [7, 11) is 0.